The second-order valence-electron chi connectivity index (χ2n) is 2.20. The van der Waals surface area contributed by atoms with E-state index < -0.39 is 10.1 Å². The minimum absolute atomic E-state index is 0.429. The first-order valence-electron chi connectivity index (χ1n) is 3.23. The molecule has 5 heteroatoms. The van der Waals surface area contributed by atoms with Gasteiger partial charge in [0.1, 0.15) is 0 Å². The number of halogens is 3. The molecule has 2 nitrogen and oxygen atoms in total. The van der Waals surface area contributed by atoms with Gasteiger partial charge in [-0.2, -0.15) is 0 Å². The number of rotatable bonds is 4. The number of aliphatic hydroxyl groups excluding tert-OH is 1. The standard InChI is InChI=1S/C6H11Cl3O2/c1-11-5(10)3-2-4-6(7,8)9/h5,10H,2-4H2,1H3. The average molecular weight is 222 g/mol. The van der Waals surface area contributed by atoms with Crippen LogP contribution in [0.15, 0.2) is 0 Å². The summed E-state index contributed by atoms with van der Waals surface area (Å²) in [7, 11) is 1.43. The Morgan fingerprint density at radius 3 is 2.36 bits per heavy atom. The van der Waals surface area contributed by atoms with Gasteiger partial charge in [0.05, 0.1) is 0 Å². The van der Waals surface area contributed by atoms with Crippen molar-refractivity contribution in [3.63, 3.8) is 0 Å². The number of ether oxygens (including phenoxy) is 1. The Labute approximate surface area is 81.4 Å². The van der Waals surface area contributed by atoms with Crippen molar-refractivity contribution in [2.24, 2.45) is 0 Å². The molecule has 0 spiro atoms. The van der Waals surface area contributed by atoms with Gasteiger partial charge in [-0.05, 0) is 19.3 Å². The Morgan fingerprint density at radius 2 is 2.00 bits per heavy atom. The summed E-state index contributed by atoms with van der Waals surface area (Å²) in [5.74, 6) is 0. The first kappa shape index (κ1) is 11.8. The zero-order chi connectivity index (χ0) is 8.91. The Hall–Kier alpha value is 0.790. The van der Waals surface area contributed by atoms with E-state index in [1.165, 1.54) is 7.11 Å². The first-order valence-corrected chi connectivity index (χ1v) is 4.36. The van der Waals surface area contributed by atoms with Gasteiger partial charge >= 0.3 is 0 Å². The van der Waals surface area contributed by atoms with E-state index in [0.29, 0.717) is 19.3 Å². The van der Waals surface area contributed by atoms with Gasteiger partial charge in [-0.3, -0.25) is 0 Å². The highest BCUT2D eigenvalue weighted by atomic mass is 35.6. The number of hydrogen-bond donors (Lipinski definition) is 1. The van der Waals surface area contributed by atoms with E-state index in [0.717, 1.165) is 0 Å². The Morgan fingerprint density at radius 1 is 1.45 bits per heavy atom. The molecule has 0 aromatic heterocycles. The van der Waals surface area contributed by atoms with E-state index in [2.05, 4.69) is 4.74 Å². The molecule has 0 aromatic carbocycles. The van der Waals surface area contributed by atoms with Crippen molar-refractivity contribution >= 4 is 34.8 Å². The van der Waals surface area contributed by atoms with Crippen molar-refractivity contribution in [3.05, 3.63) is 0 Å². The first-order chi connectivity index (χ1) is 4.95. The quantitative estimate of drug-likeness (QED) is 0.584. The van der Waals surface area contributed by atoms with Crippen LogP contribution in [0.4, 0.5) is 0 Å². The summed E-state index contributed by atoms with van der Waals surface area (Å²) in [6.07, 6.45) is 0.802. The topological polar surface area (TPSA) is 29.5 Å². The predicted molar refractivity (Wildman–Crippen MR) is 47.2 cm³/mol. The van der Waals surface area contributed by atoms with Crippen LogP contribution in [0.3, 0.4) is 0 Å². The van der Waals surface area contributed by atoms with Crippen LogP contribution in [-0.2, 0) is 4.74 Å². The lowest BCUT2D eigenvalue weighted by atomic mass is 10.2. The smallest absolute Gasteiger partial charge is 0.190 e. The summed E-state index contributed by atoms with van der Waals surface area (Å²) in [6, 6.07) is 0. The van der Waals surface area contributed by atoms with Crippen molar-refractivity contribution in [1.82, 2.24) is 0 Å². The number of hydrogen-bond acceptors (Lipinski definition) is 2. The molecule has 0 aliphatic carbocycles. The van der Waals surface area contributed by atoms with Gasteiger partial charge in [0.2, 0.25) is 0 Å². The zero-order valence-electron chi connectivity index (χ0n) is 6.19. The van der Waals surface area contributed by atoms with Crippen LogP contribution in [-0.4, -0.2) is 22.3 Å². The van der Waals surface area contributed by atoms with Gasteiger partial charge in [0.25, 0.3) is 0 Å². The number of methoxy groups -OCH3 is 1. The Bertz CT molecular complexity index is 102. The van der Waals surface area contributed by atoms with E-state index in [1.54, 1.807) is 0 Å². The van der Waals surface area contributed by atoms with Gasteiger partial charge in [-0.15, -0.1) is 0 Å². The second-order valence-corrected chi connectivity index (χ2v) is 4.71. The molecule has 0 fully saturated rings. The van der Waals surface area contributed by atoms with Crippen molar-refractivity contribution in [2.75, 3.05) is 7.11 Å². The normalized spacial score (nSPS) is 15.0. The summed E-state index contributed by atoms with van der Waals surface area (Å²) in [4.78, 5) is 0. The predicted octanol–water partition coefficient (Wildman–Crippen LogP) is 2.49. The van der Waals surface area contributed by atoms with Crippen molar-refractivity contribution < 1.29 is 9.84 Å². The molecule has 11 heavy (non-hydrogen) atoms. The van der Waals surface area contributed by atoms with Crippen LogP contribution in [0.1, 0.15) is 19.3 Å². The highest BCUT2D eigenvalue weighted by Crippen LogP contribution is 2.31. The lowest BCUT2D eigenvalue weighted by molar-refractivity contribution is -0.0792. The largest absolute Gasteiger partial charge is 0.368 e. The third kappa shape index (κ3) is 8.70. The van der Waals surface area contributed by atoms with E-state index in [1.807, 2.05) is 0 Å². The van der Waals surface area contributed by atoms with Gasteiger partial charge in [0.15, 0.2) is 10.1 Å². The highest BCUT2D eigenvalue weighted by molar-refractivity contribution is 6.67. The van der Waals surface area contributed by atoms with Crippen LogP contribution >= 0.6 is 34.8 Å². The molecule has 0 aliphatic heterocycles. The second kappa shape index (κ2) is 5.44. The van der Waals surface area contributed by atoms with Crippen LogP contribution in [0, 0.1) is 0 Å². The Balaban J connectivity index is 3.28. The molecule has 0 saturated carbocycles. The molecule has 0 heterocycles. The maximum Gasteiger partial charge on any atom is 0.190 e. The third-order valence-corrected chi connectivity index (χ3v) is 1.75. The summed E-state index contributed by atoms with van der Waals surface area (Å²) < 4.78 is 3.38. The lowest BCUT2D eigenvalue weighted by Crippen LogP contribution is -2.10. The van der Waals surface area contributed by atoms with Gasteiger partial charge in [-0.25, -0.2) is 0 Å². The fraction of sp³-hybridized carbons (Fsp3) is 1.00. The molecule has 0 saturated heterocycles. The number of alkyl halides is 3. The van der Waals surface area contributed by atoms with E-state index in [-0.39, 0.29) is 0 Å². The minimum atomic E-state index is -1.21. The minimum Gasteiger partial charge on any atom is -0.368 e. The fourth-order valence-electron chi connectivity index (χ4n) is 0.595. The average Bonchev–Trinajstić information content (AvgIpc) is 1.85. The van der Waals surface area contributed by atoms with Crippen molar-refractivity contribution in [2.45, 2.75) is 29.3 Å². The molecule has 0 radical (unpaired) electrons. The number of aliphatic hydroxyl groups is 1. The zero-order valence-corrected chi connectivity index (χ0v) is 8.46. The molecule has 1 N–H and O–H groups in total. The molecule has 1 atom stereocenters. The van der Waals surface area contributed by atoms with Crippen LogP contribution in [0.5, 0.6) is 0 Å². The molecule has 0 rings (SSSR count). The van der Waals surface area contributed by atoms with Gasteiger partial charge in [0, 0.05) is 7.11 Å². The summed E-state index contributed by atoms with van der Waals surface area (Å²) in [6.45, 7) is 0. The molecule has 1 unspecified atom stereocenters. The molecule has 0 amide bonds. The van der Waals surface area contributed by atoms with Crippen molar-refractivity contribution in [3.8, 4) is 0 Å². The molecule has 0 aromatic rings. The van der Waals surface area contributed by atoms with Crippen LogP contribution < -0.4 is 0 Å². The summed E-state index contributed by atoms with van der Waals surface area (Å²) in [5.41, 5.74) is 0. The van der Waals surface area contributed by atoms with E-state index in [9.17, 15) is 0 Å². The fourth-order valence-corrected chi connectivity index (χ4v) is 0.996. The highest BCUT2D eigenvalue weighted by Gasteiger charge is 2.19. The summed E-state index contributed by atoms with van der Waals surface area (Å²) in [5, 5.41) is 8.90. The molecule has 68 valence electrons. The molecule has 0 aliphatic rings. The Kier molecular flexibility index (Phi) is 5.83. The van der Waals surface area contributed by atoms with Gasteiger partial charge in [-0.1, -0.05) is 34.8 Å². The SMILES string of the molecule is COC(O)CCCC(Cl)(Cl)Cl. The monoisotopic (exact) mass is 220 g/mol. The van der Waals surface area contributed by atoms with Gasteiger partial charge < -0.3 is 9.84 Å². The molecule has 0 bridgehead atoms. The van der Waals surface area contributed by atoms with Crippen LogP contribution in [0.25, 0.3) is 0 Å². The van der Waals surface area contributed by atoms with Crippen molar-refractivity contribution in [1.29, 1.82) is 0 Å². The molecular weight excluding hydrogens is 210 g/mol. The maximum atomic E-state index is 8.90. The van der Waals surface area contributed by atoms with E-state index >= 15 is 0 Å². The summed E-state index contributed by atoms with van der Waals surface area (Å²) >= 11 is 16.4. The third-order valence-electron chi connectivity index (χ3n) is 1.18. The maximum absolute atomic E-state index is 8.90. The van der Waals surface area contributed by atoms with Crippen LogP contribution in [0.2, 0.25) is 0 Å². The molecular formula is C6H11Cl3O2. The van der Waals surface area contributed by atoms with E-state index in [4.69, 9.17) is 39.9 Å². The lowest BCUT2D eigenvalue weighted by Gasteiger charge is -2.11.